The first-order valence-corrected chi connectivity index (χ1v) is 6.09. The number of benzene rings is 1. The van der Waals surface area contributed by atoms with Crippen LogP contribution in [0.5, 0.6) is 0 Å². The molecule has 0 bridgehead atoms. The summed E-state index contributed by atoms with van der Waals surface area (Å²) in [7, 11) is 0. The Balaban J connectivity index is 3.45. The van der Waals surface area contributed by atoms with Crippen LogP contribution >= 0.6 is 46.4 Å². The van der Waals surface area contributed by atoms with Crippen LogP contribution in [0.15, 0.2) is 0 Å². The van der Waals surface area contributed by atoms with E-state index in [2.05, 4.69) is 0 Å². The van der Waals surface area contributed by atoms with Crippen molar-refractivity contribution in [1.29, 1.82) is 0 Å². The van der Waals surface area contributed by atoms with Gasteiger partial charge in [0.05, 0.1) is 20.1 Å². The summed E-state index contributed by atoms with van der Waals surface area (Å²) in [6, 6.07) is 0. The van der Waals surface area contributed by atoms with Gasteiger partial charge in [-0.15, -0.1) is 0 Å². The molecule has 0 aliphatic rings. The average molecular weight is 287 g/mol. The summed E-state index contributed by atoms with van der Waals surface area (Å²) in [5.41, 5.74) is 7.06. The van der Waals surface area contributed by atoms with E-state index in [4.69, 9.17) is 52.1 Å². The molecule has 5 heteroatoms. The fraction of sp³-hybridized carbons (Fsp3) is 0.400. The summed E-state index contributed by atoms with van der Waals surface area (Å²) in [5, 5.41) is 1.67. The molecule has 0 fully saturated rings. The van der Waals surface area contributed by atoms with E-state index < -0.39 is 0 Å². The predicted octanol–water partition coefficient (Wildman–Crippen LogP) is 4.71. The molecule has 2 N–H and O–H groups in total. The molecule has 1 rings (SSSR count). The molecule has 15 heavy (non-hydrogen) atoms. The van der Waals surface area contributed by atoms with Gasteiger partial charge in [0.15, 0.2) is 0 Å². The zero-order valence-electron chi connectivity index (χ0n) is 8.21. The fourth-order valence-electron chi connectivity index (χ4n) is 1.38. The van der Waals surface area contributed by atoms with Gasteiger partial charge in [-0.05, 0) is 12.0 Å². The Morgan fingerprint density at radius 2 is 1.40 bits per heavy atom. The maximum absolute atomic E-state index is 6.16. The number of nitrogens with two attached hydrogens (primary N) is 1. The van der Waals surface area contributed by atoms with Crippen LogP contribution in [0.1, 0.15) is 24.5 Å². The number of rotatable bonds is 3. The van der Waals surface area contributed by atoms with Crippen molar-refractivity contribution in [3.05, 3.63) is 31.2 Å². The minimum atomic E-state index is 0.255. The van der Waals surface area contributed by atoms with Gasteiger partial charge in [0.2, 0.25) is 0 Å². The second-order valence-electron chi connectivity index (χ2n) is 3.17. The lowest BCUT2D eigenvalue weighted by Gasteiger charge is -2.14. The second kappa shape index (κ2) is 5.60. The Labute approximate surface area is 109 Å². The molecule has 0 unspecified atom stereocenters. The van der Waals surface area contributed by atoms with Gasteiger partial charge in [0, 0.05) is 12.1 Å². The molecule has 0 saturated heterocycles. The molecule has 1 aromatic rings. The van der Waals surface area contributed by atoms with E-state index in [1.165, 1.54) is 0 Å². The van der Waals surface area contributed by atoms with Crippen molar-refractivity contribution in [2.45, 2.75) is 26.3 Å². The first kappa shape index (κ1) is 13.4. The Bertz CT molecular complexity index is 376. The van der Waals surface area contributed by atoms with Gasteiger partial charge < -0.3 is 5.73 Å². The molecule has 0 saturated carbocycles. The lowest BCUT2D eigenvalue weighted by molar-refractivity contribution is 0.916. The van der Waals surface area contributed by atoms with Gasteiger partial charge >= 0.3 is 0 Å². The molecular weight excluding hydrogens is 276 g/mol. The molecule has 1 nitrogen and oxygen atoms in total. The molecule has 0 aromatic heterocycles. The van der Waals surface area contributed by atoms with Crippen LogP contribution in [0.2, 0.25) is 20.1 Å². The Morgan fingerprint density at radius 3 is 1.87 bits per heavy atom. The third kappa shape index (κ3) is 2.54. The molecule has 0 atom stereocenters. The molecule has 84 valence electrons. The third-order valence-corrected chi connectivity index (χ3v) is 4.01. The van der Waals surface area contributed by atoms with Crippen LogP contribution < -0.4 is 5.73 Å². The highest BCUT2D eigenvalue weighted by atomic mass is 35.5. The molecule has 0 aliphatic carbocycles. The van der Waals surface area contributed by atoms with E-state index >= 15 is 0 Å². The van der Waals surface area contributed by atoms with Gasteiger partial charge in [0.25, 0.3) is 0 Å². The standard InChI is InChI=1S/C10H11Cl4N/c1-2-3-5-7(11)6(4-15)9(13)10(14)8(5)12/h2-4,15H2,1H3. The van der Waals surface area contributed by atoms with Crippen LogP contribution in [0.3, 0.4) is 0 Å². The summed E-state index contributed by atoms with van der Waals surface area (Å²) in [4.78, 5) is 0. The highest BCUT2D eigenvalue weighted by Gasteiger charge is 2.18. The van der Waals surface area contributed by atoms with Gasteiger partial charge in [-0.2, -0.15) is 0 Å². The van der Waals surface area contributed by atoms with Gasteiger partial charge in [0.1, 0.15) is 0 Å². The normalized spacial score (nSPS) is 10.8. The number of hydrogen-bond acceptors (Lipinski definition) is 1. The number of halogens is 4. The minimum absolute atomic E-state index is 0.255. The maximum atomic E-state index is 6.16. The Kier molecular flexibility index (Phi) is 5.01. The topological polar surface area (TPSA) is 26.0 Å². The summed E-state index contributed by atoms with van der Waals surface area (Å²) in [6.07, 6.45) is 1.70. The Hall–Kier alpha value is 0.340. The lowest BCUT2D eigenvalue weighted by Crippen LogP contribution is -2.02. The highest BCUT2D eigenvalue weighted by molar-refractivity contribution is 6.50. The minimum Gasteiger partial charge on any atom is -0.326 e. The van der Waals surface area contributed by atoms with Crippen molar-refractivity contribution < 1.29 is 0 Å². The van der Waals surface area contributed by atoms with Gasteiger partial charge in [-0.3, -0.25) is 0 Å². The molecular formula is C10H11Cl4N. The van der Waals surface area contributed by atoms with Crippen LogP contribution in [0.4, 0.5) is 0 Å². The third-order valence-electron chi connectivity index (χ3n) is 2.15. The van der Waals surface area contributed by atoms with Crippen LogP contribution in [-0.2, 0) is 13.0 Å². The van der Waals surface area contributed by atoms with E-state index in [-0.39, 0.29) is 6.54 Å². The van der Waals surface area contributed by atoms with Crippen molar-refractivity contribution in [3.63, 3.8) is 0 Å². The molecule has 1 aromatic carbocycles. The van der Waals surface area contributed by atoms with Crippen LogP contribution in [0, 0.1) is 0 Å². The molecule has 0 radical (unpaired) electrons. The molecule has 0 spiro atoms. The highest BCUT2D eigenvalue weighted by Crippen LogP contribution is 2.41. The average Bonchev–Trinajstić information content (AvgIpc) is 2.22. The van der Waals surface area contributed by atoms with E-state index in [1.807, 2.05) is 6.92 Å². The van der Waals surface area contributed by atoms with Crippen molar-refractivity contribution in [2.75, 3.05) is 0 Å². The van der Waals surface area contributed by atoms with E-state index in [0.717, 1.165) is 18.4 Å². The van der Waals surface area contributed by atoms with E-state index in [1.54, 1.807) is 0 Å². The van der Waals surface area contributed by atoms with Crippen molar-refractivity contribution in [3.8, 4) is 0 Å². The summed E-state index contributed by atoms with van der Waals surface area (Å²) >= 11 is 24.2. The van der Waals surface area contributed by atoms with Gasteiger partial charge in [-0.1, -0.05) is 59.7 Å². The monoisotopic (exact) mass is 285 g/mol. The van der Waals surface area contributed by atoms with Crippen LogP contribution in [0.25, 0.3) is 0 Å². The van der Waals surface area contributed by atoms with Gasteiger partial charge in [-0.25, -0.2) is 0 Å². The van der Waals surface area contributed by atoms with Crippen molar-refractivity contribution in [2.24, 2.45) is 5.73 Å². The smallest absolute Gasteiger partial charge is 0.0785 e. The largest absolute Gasteiger partial charge is 0.326 e. The second-order valence-corrected chi connectivity index (χ2v) is 4.68. The zero-order chi connectivity index (χ0) is 11.6. The molecule has 0 heterocycles. The lowest BCUT2D eigenvalue weighted by atomic mass is 10.1. The summed E-state index contributed by atoms with van der Waals surface area (Å²) < 4.78 is 0. The van der Waals surface area contributed by atoms with Crippen molar-refractivity contribution >= 4 is 46.4 Å². The Morgan fingerprint density at radius 1 is 0.867 bits per heavy atom. The maximum Gasteiger partial charge on any atom is 0.0785 e. The first-order chi connectivity index (χ1) is 7.04. The molecule has 0 aliphatic heterocycles. The quantitative estimate of drug-likeness (QED) is 0.632. The number of hydrogen-bond donors (Lipinski definition) is 1. The first-order valence-electron chi connectivity index (χ1n) is 4.58. The SMILES string of the molecule is CCCc1c(Cl)c(Cl)c(Cl)c(CN)c1Cl. The molecule has 0 amide bonds. The zero-order valence-corrected chi connectivity index (χ0v) is 11.2. The van der Waals surface area contributed by atoms with E-state index in [0.29, 0.717) is 25.7 Å². The summed E-state index contributed by atoms with van der Waals surface area (Å²) in [5.74, 6) is 0. The van der Waals surface area contributed by atoms with Crippen LogP contribution in [-0.4, -0.2) is 0 Å². The summed E-state index contributed by atoms with van der Waals surface area (Å²) in [6.45, 7) is 2.29. The van der Waals surface area contributed by atoms with Crippen molar-refractivity contribution in [1.82, 2.24) is 0 Å². The van der Waals surface area contributed by atoms with E-state index in [9.17, 15) is 0 Å². The fourth-order valence-corrected chi connectivity index (χ4v) is 2.67. The predicted molar refractivity (Wildman–Crippen MR) is 68.4 cm³/mol.